The van der Waals surface area contributed by atoms with Crippen LogP contribution in [0.5, 0.6) is 0 Å². The molecule has 0 aliphatic carbocycles. The van der Waals surface area contributed by atoms with Crippen LogP contribution in [-0.4, -0.2) is 53.8 Å². The maximum atomic E-state index is 12.4. The van der Waals surface area contributed by atoms with Crippen molar-refractivity contribution in [2.45, 2.75) is 32.2 Å². The van der Waals surface area contributed by atoms with Crippen LogP contribution in [0.1, 0.15) is 26.2 Å². The van der Waals surface area contributed by atoms with Crippen molar-refractivity contribution in [1.82, 2.24) is 8.61 Å². The van der Waals surface area contributed by atoms with Crippen LogP contribution in [0.4, 0.5) is 0 Å². The Balaban J connectivity index is 2.99. The lowest BCUT2D eigenvalue weighted by atomic mass is 10.1. The van der Waals surface area contributed by atoms with Crippen molar-refractivity contribution in [3.8, 4) is 0 Å². The maximum absolute atomic E-state index is 12.4. The van der Waals surface area contributed by atoms with E-state index in [1.807, 2.05) is 0 Å². The third-order valence-corrected chi connectivity index (χ3v) is 5.14. The fourth-order valence-corrected chi connectivity index (χ4v) is 3.90. The molecule has 0 aromatic carbocycles. The molecule has 7 heteroatoms. The number of rotatable bonds is 6. The number of aliphatic carboxylic acids is 1. The van der Waals surface area contributed by atoms with Crippen molar-refractivity contribution in [1.29, 1.82) is 0 Å². The topological polar surface area (TPSA) is 77.9 Å². The van der Waals surface area contributed by atoms with Gasteiger partial charge in [0.15, 0.2) is 0 Å². The van der Waals surface area contributed by atoms with Crippen LogP contribution in [0, 0.1) is 0 Å². The Bertz CT molecular complexity index is 407. The normalized spacial score (nSPS) is 22.0. The van der Waals surface area contributed by atoms with Gasteiger partial charge in [-0.15, -0.1) is 6.58 Å². The zero-order valence-electron chi connectivity index (χ0n) is 10.6. The molecule has 0 aromatic rings. The van der Waals surface area contributed by atoms with E-state index in [1.54, 1.807) is 6.92 Å². The summed E-state index contributed by atoms with van der Waals surface area (Å²) in [6, 6.07) is -0.942. The zero-order chi connectivity index (χ0) is 13.8. The molecule has 1 fully saturated rings. The van der Waals surface area contributed by atoms with E-state index in [0.717, 1.165) is 10.7 Å². The van der Waals surface area contributed by atoms with E-state index in [9.17, 15) is 13.2 Å². The second-order valence-electron chi connectivity index (χ2n) is 4.21. The van der Waals surface area contributed by atoms with Crippen LogP contribution in [0.15, 0.2) is 12.7 Å². The molecule has 0 aromatic heterocycles. The predicted octanol–water partition coefficient (Wildman–Crippen LogP) is 0.678. The van der Waals surface area contributed by atoms with Crippen LogP contribution < -0.4 is 0 Å². The van der Waals surface area contributed by atoms with Crippen molar-refractivity contribution in [2.24, 2.45) is 0 Å². The summed E-state index contributed by atoms with van der Waals surface area (Å²) in [7, 11) is -3.72. The first-order valence-electron chi connectivity index (χ1n) is 6.05. The smallest absolute Gasteiger partial charge is 0.322 e. The summed E-state index contributed by atoms with van der Waals surface area (Å²) >= 11 is 0. The number of hydrogen-bond acceptors (Lipinski definition) is 3. The number of hydrogen-bond donors (Lipinski definition) is 1. The lowest BCUT2D eigenvalue weighted by Crippen LogP contribution is -2.53. The Morgan fingerprint density at radius 2 is 2.22 bits per heavy atom. The Kier molecular flexibility index (Phi) is 5.30. The van der Waals surface area contributed by atoms with Gasteiger partial charge in [0.1, 0.15) is 6.04 Å². The maximum Gasteiger partial charge on any atom is 0.322 e. The minimum atomic E-state index is -3.72. The molecule has 0 bridgehead atoms. The van der Waals surface area contributed by atoms with Gasteiger partial charge in [-0.05, 0) is 19.3 Å². The number of piperidine rings is 1. The van der Waals surface area contributed by atoms with Crippen molar-refractivity contribution in [2.75, 3.05) is 19.6 Å². The molecule has 1 aliphatic heterocycles. The minimum absolute atomic E-state index is 0.196. The highest BCUT2D eigenvalue weighted by atomic mass is 32.2. The highest BCUT2D eigenvalue weighted by Gasteiger charge is 2.39. The van der Waals surface area contributed by atoms with Gasteiger partial charge in [-0.3, -0.25) is 4.79 Å². The Hall–Kier alpha value is -0.920. The average Bonchev–Trinajstić information content (AvgIpc) is 2.35. The van der Waals surface area contributed by atoms with E-state index >= 15 is 0 Å². The van der Waals surface area contributed by atoms with Gasteiger partial charge in [0.2, 0.25) is 0 Å². The molecule has 1 N–H and O–H groups in total. The summed E-state index contributed by atoms with van der Waals surface area (Å²) in [5.74, 6) is -1.08. The van der Waals surface area contributed by atoms with E-state index in [-0.39, 0.29) is 13.1 Å². The Morgan fingerprint density at radius 3 is 2.72 bits per heavy atom. The standard InChI is InChI=1S/C11H20N2O4S/c1-3-8-12(4-2)18(16,17)13-9-6-5-7-10(13)11(14)15/h3,10H,1,4-9H2,2H3,(H,14,15). The molecular weight excluding hydrogens is 256 g/mol. The summed E-state index contributed by atoms with van der Waals surface area (Å²) < 4.78 is 27.1. The number of carboxylic acids is 1. The number of nitrogens with zero attached hydrogens (tertiary/aromatic N) is 2. The summed E-state index contributed by atoms with van der Waals surface area (Å²) in [6.45, 7) is 6.01. The number of carboxylic acid groups (broad SMARTS) is 1. The molecule has 1 aliphatic rings. The SMILES string of the molecule is C=CCN(CC)S(=O)(=O)N1CCCCC1C(=O)O. The molecule has 6 nitrogen and oxygen atoms in total. The second kappa shape index (κ2) is 6.31. The van der Waals surface area contributed by atoms with Crippen molar-refractivity contribution in [3.63, 3.8) is 0 Å². The van der Waals surface area contributed by atoms with Gasteiger partial charge in [0.25, 0.3) is 10.2 Å². The molecule has 0 radical (unpaired) electrons. The lowest BCUT2D eigenvalue weighted by Gasteiger charge is -2.35. The van der Waals surface area contributed by atoms with Crippen molar-refractivity contribution < 1.29 is 18.3 Å². The summed E-state index contributed by atoms with van der Waals surface area (Å²) in [6.07, 6.45) is 3.33. The number of carbonyl (C=O) groups is 1. The quantitative estimate of drug-likeness (QED) is 0.724. The Labute approximate surface area is 108 Å². The largest absolute Gasteiger partial charge is 0.480 e. The monoisotopic (exact) mass is 276 g/mol. The first-order valence-corrected chi connectivity index (χ1v) is 7.45. The highest BCUT2D eigenvalue weighted by molar-refractivity contribution is 7.86. The predicted molar refractivity (Wildman–Crippen MR) is 68.3 cm³/mol. The zero-order valence-corrected chi connectivity index (χ0v) is 11.4. The molecule has 1 heterocycles. The van der Waals surface area contributed by atoms with Crippen LogP contribution in [0.25, 0.3) is 0 Å². The van der Waals surface area contributed by atoms with Gasteiger partial charge in [0.05, 0.1) is 0 Å². The van der Waals surface area contributed by atoms with Crippen LogP contribution in [-0.2, 0) is 15.0 Å². The molecule has 1 rings (SSSR count). The average molecular weight is 276 g/mol. The molecule has 0 saturated carbocycles. The van der Waals surface area contributed by atoms with Crippen molar-refractivity contribution in [3.05, 3.63) is 12.7 Å². The fourth-order valence-electron chi connectivity index (χ4n) is 2.11. The van der Waals surface area contributed by atoms with Crippen molar-refractivity contribution >= 4 is 16.2 Å². The van der Waals surface area contributed by atoms with Crippen LogP contribution in [0.2, 0.25) is 0 Å². The van der Waals surface area contributed by atoms with Gasteiger partial charge in [0, 0.05) is 19.6 Å². The van der Waals surface area contributed by atoms with Crippen LogP contribution in [0.3, 0.4) is 0 Å². The van der Waals surface area contributed by atoms with Crippen LogP contribution >= 0.6 is 0 Å². The summed E-state index contributed by atoms with van der Waals surface area (Å²) in [4.78, 5) is 11.1. The molecule has 0 amide bonds. The van der Waals surface area contributed by atoms with Gasteiger partial charge < -0.3 is 5.11 Å². The molecule has 0 spiro atoms. The Morgan fingerprint density at radius 1 is 1.56 bits per heavy atom. The van der Waals surface area contributed by atoms with E-state index in [4.69, 9.17) is 5.11 Å². The van der Waals surface area contributed by atoms with E-state index in [1.165, 1.54) is 10.4 Å². The van der Waals surface area contributed by atoms with Gasteiger partial charge >= 0.3 is 5.97 Å². The first-order chi connectivity index (χ1) is 8.45. The third kappa shape index (κ3) is 3.09. The molecule has 104 valence electrons. The first kappa shape index (κ1) is 15.1. The minimum Gasteiger partial charge on any atom is -0.480 e. The van der Waals surface area contributed by atoms with Gasteiger partial charge in [-0.25, -0.2) is 0 Å². The second-order valence-corrected chi connectivity index (χ2v) is 6.09. The number of likely N-dealkylation sites (N-methyl/N-ethyl adjacent to an activating group) is 1. The van der Waals surface area contributed by atoms with E-state index in [2.05, 4.69) is 6.58 Å². The highest BCUT2D eigenvalue weighted by Crippen LogP contribution is 2.22. The molecule has 1 saturated heterocycles. The van der Waals surface area contributed by atoms with E-state index < -0.39 is 22.2 Å². The lowest BCUT2D eigenvalue weighted by molar-refractivity contribution is -0.142. The molecule has 1 unspecified atom stereocenters. The molecule has 1 atom stereocenters. The van der Waals surface area contributed by atoms with E-state index in [0.29, 0.717) is 19.4 Å². The third-order valence-electron chi connectivity index (χ3n) is 3.05. The van der Waals surface area contributed by atoms with Gasteiger partial charge in [-0.1, -0.05) is 13.0 Å². The van der Waals surface area contributed by atoms with Gasteiger partial charge in [-0.2, -0.15) is 17.0 Å². The summed E-state index contributed by atoms with van der Waals surface area (Å²) in [5.41, 5.74) is 0. The fraction of sp³-hybridized carbons (Fsp3) is 0.727. The molecule has 18 heavy (non-hydrogen) atoms. The molecular formula is C11H20N2O4S. The summed E-state index contributed by atoms with van der Waals surface area (Å²) in [5, 5.41) is 9.11.